The lowest BCUT2D eigenvalue weighted by molar-refractivity contribution is -0.141. The maximum atomic E-state index is 12.9. The van der Waals surface area contributed by atoms with E-state index in [2.05, 4.69) is 32.6 Å². The zero-order valence-corrected chi connectivity index (χ0v) is 14.4. The lowest BCUT2D eigenvalue weighted by atomic mass is 9.71. The Labute approximate surface area is 130 Å². The van der Waals surface area contributed by atoms with Crippen LogP contribution in [0.1, 0.15) is 66.2 Å². The molecule has 2 rings (SSSR count). The fourth-order valence-electron chi connectivity index (χ4n) is 4.42. The number of carbonyl (C=O) groups excluding carboxylic acids is 1. The topological polar surface area (TPSA) is 46.3 Å². The van der Waals surface area contributed by atoms with E-state index in [0.717, 1.165) is 25.9 Å². The molecule has 1 heterocycles. The highest BCUT2D eigenvalue weighted by molar-refractivity contribution is 5.79. The molecule has 0 aromatic heterocycles. The summed E-state index contributed by atoms with van der Waals surface area (Å²) >= 11 is 0. The van der Waals surface area contributed by atoms with Crippen LogP contribution in [0.25, 0.3) is 0 Å². The molecule has 0 radical (unpaired) electrons. The first-order chi connectivity index (χ1) is 9.92. The second-order valence-electron chi connectivity index (χ2n) is 7.73. The smallest absolute Gasteiger partial charge is 0.226 e. The molecular weight excluding hydrogens is 260 g/mol. The van der Waals surface area contributed by atoms with Crippen LogP contribution in [0.4, 0.5) is 0 Å². The summed E-state index contributed by atoms with van der Waals surface area (Å²) in [6, 6.07) is 0.199. The molecule has 3 heteroatoms. The zero-order chi connectivity index (χ0) is 15.6. The number of amides is 1. The summed E-state index contributed by atoms with van der Waals surface area (Å²) in [5.74, 6) is 1.58. The molecule has 1 saturated heterocycles. The van der Waals surface area contributed by atoms with Gasteiger partial charge in [0, 0.05) is 25.0 Å². The number of hydrogen-bond acceptors (Lipinski definition) is 2. The maximum absolute atomic E-state index is 12.9. The predicted octanol–water partition coefficient (Wildman–Crippen LogP) is 3.42. The number of nitrogens with two attached hydrogens (primary N) is 1. The molecule has 1 saturated carbocycles. The molecule has 0 aromatic carbocycles. The number of carbonyl (C=O) groups is 1. The van der Waals surface area contributed by atoms with Crippen molar-refractivity contribution in [2.24, 2.45) is 28.9 Å². The lowest BCUT2D eigenvalue weighted by Crippen LogP contribution is -2.50. The minimum atomic E-state index is 0.159. The van der Waals surface area contributed by atoms with Crippen LogP contribution in [-0.4, -0.2) is 29.9 Å². The Bertz CT molecular complexity index is 354. The van der Waals surface area contributed by atoms with Gasteiger partial charge in [-0.15, -0.1) is 0 Å². The average molecular weight is 294 g/mol. The molecule has 0 spiro atoms. The minimum Gasteiger partial charge on any atom is -0.342 e. The number of likely N-dealkylation sites (tertiary alicyclic amines) is 1. The summed E-state index contributed by atoms with van der Waals surface area (Å²) in [5, 5.41) is 0. The summed E-state index contributed by atoms with van der Waals surface area (Å²) in [6.07, 6.45) is 6.82. The van der Waals surface area contributed by atoms with E-state index in [4.69, 9.17) is 5.73 Å². The third-order valence-corrected chi connectivity index (χ3v) is 6.64. The van der Waals surface area contributed by atoms with Gasteiger partial charge < -0.3 is 10.6 Å². The maximum Gasteiger partial charge on any atom is 0.226 e. The molecule has 3 nitrogen and oxygen atoms in total. The Balaban J connectivity index is 1.95. The van der Waals surface area contributed by atoms with Crippen LogP contribution in [0.15, 0.2) is 0 Å². The van der Waals surface area contributed by atoms with Crippen LogP contribution in [0.5, 0.6) is 0 Å². The van der Waals surface area contributed by atoms with Crippen LogP contribution >= 0.6 is 0 Å². The Morgan fingerprint density at radius 1 is 1.10 bits per heavy atom. The van der Waals surface area contributed by atoms with Crippen LogP contribution in [0.3, 0.4) is 0 Å². The highest BCUT2D eigenvalue weighted by Gasteiger charge is 2.39. The molecule has 2 aliphatic rings. The standard InChI is InChI=1S/C18H34N2O/c1-5-18(6-2)7-9-20(10-8-18)17(21)15-12-16(19)14(4)11-13(15)3/h13-16H,5-12,19H2,1-4H3. The molecule has 2 N–H and O–H groups in total. The first-order valence-corrected chi connectivity index (χ1v) is 8.96. The van der Waals surface area contributed by atoms with Crippen molar-refractivity contribution in [3.8, 4) is 0 Å². The Morgan fingerprint density at radius 2 is 1.67 bits per heavy atom. The highest BCUT2D eigenvalue weighted by Crippen LogP contribution is 2.40. The first-order valence-electron chi connectivity index (χ1n) is 8.96. The van der Waals surface area contributed by atoms with Gasteiger partial charge in [0.1, 0.15) is 0 Å². The number of nitrogens with zero attached hydrogens (tertiary/aromatic N) is 1. The molecule has 21 heavy (non-hydrogen) atoms. The predicted molar refractivity (Wildman–Crippen MR) is 87.9 cm³/mol. The van der Waals surface area contributed by atoms with Gasteiger partial charge in [0.15, 0.2) is 0 Å². The van der Waals surface area contributed by atoms with Crippen molar-refractivity contribution < 1.29 is 4.79 Å². The van der Waals surface area contributed by atoms with Crippen LogP contribution in [0.2, 0.25) is 0 Å². The molecule has 1 amide bonds. The van der Waals surface area contributed by atoms with E-state index in [1.165, 1.54) is 25.7 Å². The molecule has 1 aliphatic carbocycles. The van der Waals surface area contributed by atoms with Gasteiger partial charge >= 0.3 is 0 Å². The van der Waals surface area contributed by atoms with Gasteiger partial charge in [-0.2, -0.15) is 0 Å². The quantitative estimate of drug-likeness (QED) is 0.867. The monoisotopic (exact) mass is 294 g/mol. The second-order valence-corrected chi connectivity index (χ2v) is 7.73. The highest BCUT2D eigenvalue weighted by atomic mass is 16.2. The van der Waals surface area contributed by atoms with E-state index in [0.29, 0.717) is 23.2 Å². The van der Waals surface area contributed by atoms with Crippen LogP contribution < -0.4 is 5.73 Å². The Hall–Kier alpha value is -0.570. The van der Waals surface area contributed by atoms with E-state index >= 15 is 0 Å². The van der Waals surface area contributed by atoms with E-state index in [9.17, 15) is 4.79 Å². The molecule has 2 fully saturated rings. The third-order valence-electron chi connectivity index (χ3n) is 6.64. The summed E-state index contributed by atoms with van der Waals surface area (Å²) in [7, 11) is 0. The van der Waals surface area contributed by atoms with Crippen LogP contribution in [-0.2, 0) is 4.79 Å². The molecule has 0 bridgehead atoms. The lowest BCUT2D eigenvalue weighted by Gasteiger charge is -2.44. The third kappa shape index (κ3) is 3.44. The second kappa shape index (κ2) is 6.68. The van der Waals surface area contributed by atoms with Crippen molar-refractivity contribution in [3.63, 3.8) is 0 Å². The summed E-state index contributed by atoms with van der Waals surface area (Å²) in [5.41, 5.74) is 6.70. The molecule has 0 aromatic rings. The number of piperidine rings is 1. The Kier molecular flexibility index (Phi) is 5.34. The van der Waals surface area contributed by atoms with E-state index in [-0.39, 0.29) is 12.0 Å². The SMILES string of the molecule is CCC1(CC)CCN(C(=O)C2CC(N)C(C)CC2C)CC1. The summed E-state index contributed by atoms with van der Waals surface area (Å²) in [4.78, 5) is 15.0. The Morgan fingerprint density at radius 3 is 2.19 bits per heavy atom. The van der Waals surface area contributed by atoms with E-state index < -0.39 is 0 Å². The summed E-state index contributed by atoms with van der Waals surface area (Å²) < 4.78 is 0. The molecule has 1 aliphatic heterocycles. The molecule has 4 unspecified atom stereocenters. The van der Waals surface area contributed by atoms with Gasteiger partial charge in [-0.05, 0) is 42.9 Å². The van der Waals surface area contributed by atoms with Crippen molar-refractivity contribution in [2.45, 2.75) is 72.3 Å². The van der Waals surface area contributed by atoms with Gasteiger partial charge in [0.25, 0.3) is 0 Å². The van der Waals surface area contributed by atoms with Gasteiger partial charge in [-0.1, -0.05) is 40.5 Å². The fourth-order valence-corrected chi connectivity index (χ4v) is 4.42. The largest absolute Gasteiger partial charge is 0.342 e. The number of rotatable bonds is 3. The van der Waals surface area contributed by atoms with Crippen LogP contribution in [0, 0.1) is 23.2 Å². The van der Waals surface area contributed by atoms with Gasteiger partial charge in [-0.3, -0.25) is 4.79 Å². The average Bonchev–Trinajstić information content (AvgIpc) is 2.50. The number of hydrogen-bond donors (Lipinski definition) is 1. The summed E-state index contributed by atoms with van der Waals surface area (Å²) in [6.45, 7) is 11.0. The van der Waals surface area contributed by atoms with Gasteiger partial charge in [-0.25, -0.2) is 0 Å². The van der Waals surface area contributed by atoms with Gasteiger partial charge in [0.05, 0.1) is 0 Å². The van der Waals surface area contributed by atoms with E-state index in [1.54, 1.807) is 0 Å². The van der Waals surface area contributed by atoms with Crippen molar-refractivity contribution in [2.75, 3.05) is 13.1 Å². The molecule has 122 valence electrons. The van der Waals surface area contributed by atoms with Crippen molar-refractivity contribution in [3.05, 3.63) is 0 Å². The van der Waals surface area contributed by atoms with Crippen molar-refractivity contribution in [1.29, 1.82) is 0 Å². The van der Waals surface area contributed by atoms with E-state index in [1.807, 2.05) is 0 Å². The minimum absolute atomic E-state index is 0.159. The fraction of sp³-hybridized carbons (Fsp3) is 0.944. The molecule has 4 atom stereocenters. The zero-order valence-electron chi connectivity index (χ0n) is 14.4. The van der Waals surface area contributed by atoms with Crippen molar-refractivity contribution in [1.82, 2.24) is 4.90 Å². The molecular formula is C18H34N2O. The first kappa shape index (κ1) is 16.8. The normalized spacial score (nSPS) is 36.5. The van der Waals surface area contributed by atoms with Crippen molar-refractivity contribution >= 4 is 5.91 Å². The van der Waals surface area contributed by atoms with Gasteiger partial charge in [0.2, 0.25) is 5.91 Å².